The van der Waals surface area contributed by atoms with Crippen LogP contribution >= 0.6 is 0 Å². The van der Waals surface area contributed by atoms with Crippen LogP contribution in [0.1, 0.15) is 47.1 Å². The molecule has 0 N–H and O–H groups in total. The van der Waals surface area contributed by atoms with E-state index in [0.29, 0.717) is 5.69 Å². The van der Waals surface area contributed by atoms with E-state index in [9.17, 15) is 9.59 Å². The molecule has 0 aliphatic heterocycles. The molecular weight excluding hydrogens is 238 g/mol. The average Bonchev–Trinajstić information content (AvgIpc) is 2.27. The van der Waals surface area contributed by atoms with Gasteiger partial charge in [0.2, 0.25) is 11.8 Å². The first-order valence-corrected chi connectivity index (χ1v) is 6.60. The first-order valence-electron chi connectivity index (χ1n) is 6.60. The van der Waals surface area contributed by atoms with Crippen LogP contribution in [-0.2, 0) is 15.0 Å². The Hall–Kier alpha value is -1.64. The molecule has 1 aromatic rings. The number of carbonyl (C=O) groups is 2. The third-order valence-electron chi connectivity index (χ3n) is 2.98. The average molecular weight is 261 g/mol. The van der Waals surface area contributed by atoms with E-state index < -0.39 is 0 Å². The van der Waals surface area contributed by atoms with E-state index in [2.05, 4.69) is 20.8 Å². The van der Waals surface area contributed by atoms with E-state index in [4.69, 9.17) is 0 Å². The molecule has 0 aliphatic carbocycles. The molecule has 0 unspecified atom stereocenters. The van der Waals surface area contributed by atoms with Gasteiger partial charge in [-0.15, -0.1) is 0 Å². The zero-order chi connectivity index (χ0) is 14.8. The van der Waals surface area contributed by atoms with E-state index in [-0.39, 0.29) is 23.1 Å². The lowest BCUT2D eigenvalue weighted by molar-refractivity contribution is -0.127. The largest absolute Gasteiger partial charge is 0.274 e. The summed E-state index contributed by atoms with van der Waals surface area (Å²) in [5.41, 5.74) is 1.57. The molecule has 0 aromatic heterocycles. The van der Waals surface area contributed by atoms with Gasteiger partial charge in [-0.2, -0.15) is 0 Å². The Kier molecular flexibility index (Phi) is 4.51. The Bertz CT molecular complexity index is 484. The number of anilines is 1. The SMILES string of the molecule is CC(=O)N(C(=O)C(C)C)c1ccccc1C(C)(C)C. The number of rotatable bonds is 2. The maximum Gasteiger partial charge on any atom is 0.236 e. The Labute approximate surface area is 115 Å². The molecule has 1 rings (SSSR count). The molecule has 104 valence electrons. The molecule has 0 fully saturated rings. The molecule has 0 bridgehead atoms. The van der Waals surface area contributed by atoms with Gasteiger partial charge >= 0.3 is 0 Å². The summed E-state index contributed by atoms with van der Waals surface area (Å²) in [6, 6.07) is 7.59. The van der Waals surface area contributed by atoms with Crippen molar-refractivity contribution < 1.29 is 9.59 Å². The predicted molar refractivity (Wildman–Crippen MR) is 78.1 cm³/mol. The summed E-state index contributed by atoms with van der Waals surface area (Å²) in [5, 5.41) is 0. The lowest BCUT2D eigenvalue weighted by Crippen LogP contribution is -2.39. The van der Waals surface area contributed by atoms with E-state index >= 15 is 0 Å². The Morgan fingerprint density at radius 2 is 1.63 bits per heavy atom. The zero-order valence-electron chi connectivity index (χ0n) is 12.7. The molecule has 0 radical (unpaired) electrons. The molecular formula is C16H23NO2. The summed E-state index contributed by atoms with van der Waals surface area (Å²) in [6.07, 6.45) is 0. The van der Waals surface area contributed by atoms with Crippen LogP contribution in [0.4, 0.5) is 5.69 Å². The number of hydrogen-bond donors (Lipinski definition) is 0. The summed E-state index contributed by atoms with van der Waals surface area (Å²) in [7, 11) is 0. The number of amides is 2. The van der Waals surface area contributed by atoms with Crippen LogP contribution in [0.5, 0.6) is 0 Å². The molecule has 1 aromatic carbocycles. The second-order valence-electron chi connectivity index (χ2n) is 6.11. The smallest absolute Gasteiger partial charge is 0.236 e. The summed E-state index contributed by atoms with van der Waals surface area (Å²) in [4.78, 5) is 25.4. The van der Waals surface area contributed by atoms with E-state index in [1.807, 2.05) is 24.3 Å². The van der Waals surface area contributed by atoms with E-state index in [0.717, 1.165) is 5.56 Å². The summed E-state index contributed by atoms with van der Waals surface area (Å²) >= 11 is 0. The number of hydrogen-bond acceptors (Lipinski definition) is 2. The highest BCUT2D eigenvalue weighted by Crippen LogP contribution is 2.32. The van der Waals surface area contributed by atoms with E-state index in [1.54, 1.807) is 13.8 Å². The van der Waals surface area contributed by atoms with Gasteiger partial charge in [0.05, 0.1) is 5.69 Å². The highest BCUT2D eigenvalue weighted by atomic mass is 16.2. The lowest BCUT2D eigenvalue weighted by Gasteiger charge is -2.29. The van der Waals surface area contributed by atoms with Gasteiger partial charge in [0.25, 0.3) is 0 Å². The number of benzene rings is 1. The van der Waals surface area contributed by atoms with Crippen molar-refractivity contribution in [1.82, 2.24) is 0 Å². The molecule has 19 heavy (non-hydrogen) atoms. The molecule has 3 nitrogen and oxygen atoms in total. The highest BCUT2D eigenvalue weighted by molar-refractivity contribution is 6.15. The fourth-order valence-corrected chi connectivity index (χ4v) is 2.00. The van der Waals surface area contributed by atoms with Gasteiger partial charge in [0.1, 0.15) is 0 Å². The van der Waals surface area contributed by atoms with E-state index in [1.165, 1.54) is 11.8 Å². The van der Waals surface area contributed by atoms with Crippen molar-refractivity contribution in [2.24, 2.45) is 5.92 Å². The predicted octanol–water partition coefficient (Wildman–Crippen LogP) is 3.52. The molecule has 0 spiro atoms. The van der Waals surface area contributed by atoms with Crippen LogP contribution in [0.2, 0.25) is 0 Å². The minimum atomic E-state index is -0.240. The van der Waals surface area contributed by atoms with Gasteiger partial charge in [-0.25, -0.2) is 0 Å². The standard InChI is InChI=1S/C16H23NO2/c1-11(2)15(19)17(12(3)18)14-10-8-7-9-13(14)16(4,5)6/h7-11H,1-6H3. The molecule has 0 atom stereocenters. The number of nitrogens with zero attached hydrogens (tertiary/aromatic N) is 1. The first-order chi connectivity index (χ1) is 8.66. The minimum absolute atomic E-state index is 0.123. The van der Waals surface area contributed by atoms with Crippen molar-refractivity contribution in [3.63, 3.8) is 0 Å². The van der Waals surface area contributed by atoms with Crippen LogP contribution in [0, 0.1) is 5.92 Å². The third-order valence-corrected chi connectivity index (χ3v) is 2.98. The summed E-state index contributed by atoms with van der Waals surface area (Å²) in [6.45, 7) is 11.3. The lowest BCUT2D eigenvalue weighted by atomic mass is 9.85. The minimum Gasteiger partial charge on any atom is -0.274 e. The maximum atomic E-state index is 12.3. The van der Waals surface area contributed by atoms with Crippen molar-refractivity contribution in [1.29, 1.82) is 0 Å². The quantitative estimate of drug-likeness (QED) is 0.817. The topological polar surface area (TPSA) is 37.4 Å². The maximum absolute atomic E-state index is 12.3. The number of imide groups is 1. The molecule has 0 aliphatic rings. The summed E-state index contributed by atoms with van der Waals surface area (Å²) in [5.74, 6) is -0.614. The van der Waals surface area contributed by atoms with Crippen LogP contribution in [0.15, 0.2) is 24.3 Å². The van der Waals surface area contributed by atoms with Crippen LogP contribution in [0.3, 0.4) is 0 Å². The van der Waals surface area contributed by atoms with Crippen molar-refractivity contribution in [2.75, 3.05) is 4.90 Å². The van der Waals surface area contributed by atoms with Crippen LogP contribution in [-0.4, -0.2) is 11.8 Å². The zero-order valence-corrected chi connectivity index (χ0v) is 12.7. The fourth-order valence-electron chi connectivity index (χ4n) is 2.00. The van der Waals surface area contributed by atoms with Gasteiger partial charge in [0.15, 0.2) is 0 Å². The van der Waals surface area contributed by atoms with Gasteiger partial charge in [0, 0.05) is 12.8 Å². The molecule has 2 amide bonds. The Balaban J connectivity index is 3.41. The summed E-state index contributed by atoms with van der Waals surface area (Å²) < 4.78 is 0. The Morgan fingerprint density at radius 3 is 2.05 bits per heavy atom. The fraction of sp³-hybridized carbons (Fsp3) is 0.500. The molecule has 0 saturated heterocycles. The van der Waals surface area contributed by atoms with Crippen molar-refractivity contribution in [2.45, 2.75) is 47.0 Å². The van der Waals surface area contributed by atoms with Crippen molar-refractivity contribution >= 4 is 17.5 Å². The van der Waals surface area contributed by atoms with Crippen molar-refractivity contribution in [3.05, 3.63) is 29.8 Å². The highest BCUT2D eigenvalue weighted by Gasteiger charge is 2.28. The van der Waals surface area contributed by atoms with Gasteiger partial charge in [-0.3, -0.25) is 14.5 Å². The van der Waals surface area contributed by atoms with Crippen LogP contribution in [0.25, 0.3) is 0 Å². The third kappa shape index (κ3) is 3.43. The first kappa shape index (κ1) is 15.4. The molecule has 3 heteroatoms. The van der Waals surface area contributed by atoms with Gasteiger partial charge in [-0.1, -0.05) is 52.8 Å². The second kappa shape index (κ2) is 5.55. The van der Waals surface area contributed by atoms with Gasteiger partial charge in [-0.05, 0) is 17.0 Å². The van der Waals surface area contributed by atoms with Gasteiger partial charge < -0.3 is 0 Å². The number of para-hydroxylation sites is 1. The van der Waals surface area contributed by atoms with Crippen molar-refractivity contribution in [3.8, 4) is 0 Å². The monoisotopic (exact) mass is 261 g/mol. The van der Waals surface area contributed by atoms with Crippen LogP contribution < -0.4 is 4.90 Å². The molecule has 0 saturated carbocycles. The number of carbonyl (C=O) groups excluding carboxylic acids is 2. The Morgan fingerprint density at radius 1 is 1.11 bits per heavy atom. The molecule has 0 heterocycles. The normalized spacial score (nSPS) is 11.5. The second-order valence-corrected chi connectivity index (χ2v) is 6.11.